The van der Waals surface area contributed by atoms with E-state index in [9.17, 15) is 0 Å². The van der Waals surface area contributed by atoms with Gasteiger partial charge in [0.25, 0.3) is 0 Å². The van der Waals surface area contributed by atoms with Crippen molar-refractivity contribution in [1.82, 2.24) is 9.97 Å². The Labute approximate surface area is 160 Å². The number of rotatable bonds is 1. The lowest BCUT2D eigenvalue weighted by atomic mass is 9.81. The fourth-order valence-corrected chi connectivity index (χ4v) is 5.27. The third kappa shape index (κ3) is 2.32. The topological polar surface area (TPSA) is 25.8 Å². The van der Waals surface area contributed by atoms with E-state index in [0.29, 0.717) is 0 Å². The highest BCUT2D eigenvalue weighted by atomic mass is 14.7. The van der Waals surface area contributed by atoms with Crippen LogP contribution in [0, 0.1) is 0 Å². The van der Waals surface area contributed by atoms with E-state index < -0.39 is 0 Å². The highest BCUT2D eigenvalue weighted by Gasteiger charge is 2.43. The van der Waals surface area contributed by atoms with Crippen LogP contribution >= 0.6 is 0 Å². The first-order valence-electron chi connectivity index (χ1n) is 9.65. The SMILES string of the molecule is CC1(C)CC(C)(C)c2c1cnc1c2cc(-c2ccccc2)c2ncccc21. The van der Waals surface area contributed by atoms with Gasteiger partial charge in [0.1, 0.15) is 0 Å². The number of aromatic nitrogens is 2. The van der Waals surface area contributed by atoms with E-state index in [0.717, 1.165) is 22.8 Å². The number of nitrogens with zero attached hydrogens (tertiary/aromatic N) is 2. The second kappa shape index (κ2) is 5.39. The molecule has 2 heterocycles. The molecule has 0 aliphatic heterocycles. The highest BCUT2D eigenvalue weighted by molar-refractivity contribution is 6.11. The maximum absolute atomic E-state index is 4.94. The number of benzene rings is 2. The maximum atomic E-state index is 4.94. The molecule has 0 fully saturated rings. The van der Waals surface area contributed by atoms with Gasteiger partial charge in [-0.15, -0.1) is 0 Å². The summed E-state index contributed by atoms with van der Waals surface area (Å²) in [6.07, 6.45) is 5.13. The first-order chi connectivity index (χ1) is 12.9. The smallest absolute Gasteiger partial charge is 0.0802 e. The van der Waals surface area contributed by atoms with Gasteiger partial charge in [-0.3, -0.25) is 9.97 Å². The zero-order valence-corrected chi connectivity index (χ0v) is 16.4. The molecule has 5 rings (SSSR count). The largest absolute Gasteiger partial charge is 0.256 e. The molecule has 0 unspecified atom stereocenters. The molecular weight excluding hydrogens is 328 g/mol. The molecule has 2 heteroatoms. The Morgan fingerprint density at radius 2 is 1.56 bits per heavy atom. The molecule has 0 radical (unpaired) electrons. The first-order valence-corrected chi connectivity index (χ1v) is 9.65. The van der Waals surface area contributed by atoms with E-state index in [1.165, 1.54) is 27.6 Å². The van der Waals surface area contributed by atoms with E-state index >= 15 is 0 Å². The summed E-state index contributed by atoms with van der Waals surface area (Å²) in [5.41, 5.74) is 7.62. The Morgan fingerprint density at radius 1 is 0.778 bits per heavy atom. The lowest BCUT2D eigenvalue weighted by molar-refractivity contribution is 0.404. The van der Waals surface area contributed by atoms with Crippen LogP contribution in [0.15, 0.2) is 60.9 Å². The Balaban J connectivity index is 1.98. The molecule has 1 aliphatic carbocycles. The summed E-state index contributed by atoms with van der Waals surface area (Å²) in [7, 11) is 0. The van der Waals surface area contributed by atoms with Gasteiger partial charge in [0, 0.05) is 28.7 Å². The molecule has 0 amide bonds. The van der Waals surface area contributed by atoms with Crippen LogP contribution < -0.4 is 0 Å². The second-order valence-corrected chi connectivity index (χ2v) is 9.08. The lowest BCUT2D eigenvalue weighted by Gasteiger charge is -2.23. The summed E-state index contributed by atoms with van der Waals surface area (Å²) >= 11 is 0. The minimum absolute atomic E-state index is 0.129. The predicted octanol–water partition coefficient (Wildman–Crippen LogP) is 6.41. The van der Waals surface area contributed by atoms with Gasteiger partial charge < -0.3 is 0 Å². The number of fused-ring (bicyclic) bond motifs is 5. The molecule has 2 aromatic heterocycles. The monoisotopic (exact) mass is 352 g/mol. The van der Waals surface area contributed by atoms with E-state index in [2.05, 4.69) is 76.4 Å². The van der Waals surface area contributed by atoms with Crippen molar-refractivity contribution < 1.29 is 0 Å². The van der Waals surface area contributed by atoms with Crippen LogP contribution in [0.4, 0.5) is 0 Å². The van der Waals surface area contributed by atoms with Gasteiger partial charge in [-0.2, -0.15) is 0 Å². The standard InChI is InChI=1S/C25H24N2/c1-24(2)15-25(3,4)21-19-13-18(16-9-6-5-7-10-16)22-17(11-8-12-26-22)23(19)27-14-20(21)24/h5-14H,15H2,1-4H3. The van der Waals surface area contributed by atoms with Gasteiger partial charge in [-0.05, 0) is 52.1 Å². The average Bonchev–Trinajstić information content (AvgIpc) is 2.85. The van der Waals surface area contributed by atoms with Crippen molar-refractivity contribution in [2.24, 2.45) is 0 Å². The molecule has 2 aromatic carbocycles. The molecule has 4 aromatic rings. The lowest BCUT2D eigenvalue weighted by Crippen LogP contribution is -2.18. The average molecular weight is 352 g/mol. The number of hydrogen-bond donors (Lipinski definition) is 0. The number of hydrogen-bond acceptors (Lipinski definition) is 2. The highest BCUT2D eigenvalue weighted by Crippen LogP contribution is 2.52. The minimum Gasteiger partial charge on any atom is -0.256 e. The van der Waals surface area contributed by atoms with Crippen molar-refractivity contribution in [3.8, 4) is 11.1 Å². The third-order valence-corrected chi connectivity index (χ3v) is 6.10. The van der Waals surface area contributed by atoms with Crippen LogP contribution in [0.1, 0.15) is 45.2 Å². The summed E-state index contributed by atoms with van der Waals surface area (Å²) in [6.45, 7) is 9.43. The fraction of sp³-hybridized carbons (Fsp3) is 0.280. The quantitative estimate of drug-likeness (QED) is 0.370. The van der Waals surface area contributed by atoms with E-state index in [4.69, 9.17) is 9.97 Å². The summed E-state index contributed by atoms with van der Waals surface area (Å²) in [5.74, 6) is 0. The minimum atomic E-state index is 0.129. The van der Waals surface area contributed by atoms with Gasteiger partial charge >= 0.3 is 0 Å². The second-order valence-electron chi connectivity index (χ2n) is 9.08. The van der Waals surface area contributed by atoms with Crippen molar-refractivity contribution in [2.45, 2.75) is 44.9 Å². The van der Waals surface area contributed by atoms with Crippen molar-refractivity contribution >= 4 is 21.8 Å². The fourth-order valence-electron chi connectivity index (χ4n) is 5.27. The van der Waals surface area contributed by atoms with E-state index in [1.54, 1.807) is 0 Å². The Hall–Kier alpha value is -2.74. The molecule has 0 atom stereocenters. The number of pyridine rings is 2. The van der Waals surface area contributed by atoms with Crippen LogP contribution in [0.5, 0.6) is 0 Å². The Morgan fingerprint density at radius 3 is 2.33 bits per heavy atom. The van der Waals surface area contributed by atoms with Crippen molar-refractivity contribution in [3.05, 3.63) is 72.1 Å². The summed E-state index contributed by atoms with van der Waals surface area (Å²) in [4.78, 5) is 9.66. The summed E-state index contributed by atoms with van der Waals surface area (Å²) in [5, 5.41) is 2.42. The van der Waals surface area contributed by atoms with Crippen LogP contribution in [-0.4, -0.2) is 9.97 Å². The zero-order valence-electron chi connectivity index (χ0n) is 16.4. The molecule has 0 bridgehead atoms. The maximum Gasteiger partial charge on any atom is 0.0802 e. The van der Waals surface area contributed by atoms with Gasteiger partial charge in [0.2, 0.25) is 0 Å². The van der Waals surface area contributed by atoms with Crippen LogP contribution in [0.2, 0.25) is 0 Å². The van der Waals surface area contributed by atoms with Crippen LogP contribution in [0.25, 0.3) is 32.9 Å². The Bertz CT molecular complexity index is 1190. The first kappa shape index (κ1) is 16.4. The molecular formula is C25H24N2. The molecule has 0 saturated heterocycles. The molecule has 27 heavy (non-hydrogen) atoms. The van der Waals surface area contributed by atoms with Crippen molar-refractivity contribution in [1.29, 1.82) is 0 Å². The van der Waals surface area contributed by atoms with Gasteiger partial charge in [-0.25, -0.2) is 0 Å². The summed E-state index contributed by atoms with van der Waals surface area (Å²) < 4.78 is 0. The molecule has 2 nitrogen and oxygen atoms in total. The normalized spacial score (nSPS) is 17.3. The molecule has 1 aliphatic rings. The van der Waals surface area contributed by atoms with E-state index in [-0.39, 0.29) is 10.8 Å². The molecule has 0 N–H and O–H groups in total. The van der Waals surface area contributed by atoms with Gasteiger partial charge in [0.05, 0.1) is 11.0 Å². The zero-order chi connectivity index (χ0) is 18.8. The Kier molecular flexibility index (Phi) is 3.28. The molecule has 134 valence electrons. The van der Waals surface area contributed by atoms with Gasteiger partial charge in [-0.1, -0.05) is 58.0 Å². The van der Waals surface area contributed by atoms with Gasteiger partial charge in [0.15, 0.2) is 0 Å². The predicted molar refractivity (Wildman–Crippen MR) is 113 cm³/mol. The van der Waals surface area contributed by atoms with Crippen LogP contribution in [-0.2, 0) is 10.8 Å². The van der Waals surface area contributed by atoms with Crippen LogP contribution in [0.3, 0.4) is 0 Å². The molecule has 0 saturated carbocycles. The molecule has 0 spiro atoms. The van der Waals surface area contributed by atoms with E-state index in [1.807, 2.05) is 12.3 Å². The summed E-state index contributed by atoms with van der Waals surface area (Å²) in [6, 6.07) is 17.1. The van der Waals surface area contributed by atoms with Crippen molar-refractivity contribution in [3.63, 3.8) is 0 Å². The van der Waals surface area contributed by atoms with Crippen molar-refractivity contribution in [2.75, 3.05) is 0 Å². The third-order valence-electron chi connectivity index (χ3n) is 6.10.